The Morgan fingerprint density at radius 2 is 1.74 bits per heavy atom. The summed E-state index contributed by atoms with van der Waals surface area (Å²) >= 11 is 0. The summed E-state index contributed by atoms with van der Waals surface area (Å²) in [7, 11) is 1.59. The molecule has 2 aliphatic rings. The van der Waals surface area contributed by atoms with E-state index in [-0.39, 0.29) is 23.8 Å². The standard InChI is InChI=1S/C26H38F3N3O3/c1-16(2)22(31(6)24(34)35-25(3,4)5)23(33)30-21-12-9-18-14-32(15-20(18)21)13-17-7-10-19(11-8-17)26(27,28)29/h7-8,10-11,16,18,20-22H,9,12-15H2,1-6H3,(H,30,33)/t18-,20+,21+,22-/m0/s1. The van der Waals surface area contributed by atoms with Crippen LogP contribution in [-0.2, 0) is 22.3 Å². The second-order valence-electron chi connectivity index (χ2n) is 11.3. The van der Waals surface area contributed by atoms with E-state index in [1.165, 1.54) is 17.0 Å². The van der Waals surface area contributed by atoms with Crippen molar-refractivity contribution in [2.24, 2.45) is 17.8 Å². The summed E-state index contributed by atoms with van der Waals surface area (Å²) in [6.07, 6.45) is -2.98. The lowest BCUT2D eigenvalue weighted by atomic mass is 9.96. The second kappa shape index (κ2) is 10.4. The van der Waals surface area contributed by atoms with E-state index in [1.54, 1.807) is 27.8 Å². The fourth-order valence-electron chi connectivity index (χ4n) is 5.36. The Labute approximate surface area is 206 Å². The van der Waals surface area contributed by atoms with Crippen LogP contribution in [0.2, 0.25) is 0 Å². The number of likely N-dealkylation sites (N-methyl/N-ethyl adjacent to an activating group) is 1. The summed E-state index contributed by atoms with van der Waals surface area (Å²) < 4.78 is 43.9. The lowest BCUT2D eigenvalue weighted by molar-refractivity contribution is -0.137. The molecule has 1 aliphatic heterocycles. The highest BCUT2D eigenvalue weighted by Crippen LogP contribution is 2.39. The summed E-state index contributed by atoms with van der Waals surface area (Å²) in [4.78, 5) is 29.5. The molecule has 1 aromatic carbocycles. The van der Waals surface area contributed by atoms with Gasteiger partial charge in [0.2, 0.25) is 5.91 Å². The predicted molar refractivity (Wildman–Crippen MR) is 127 cm³/mol. The fraction of sp³-hybridized carbons (Fsp3) is 0.692. The molecule has 0 spiro atoms. The number of rotatable bonds is 6. The molecule has 2 amide bonds. The topological polar surface area (TPSA) is 61.9 Å². The van der Waals surface area contributed by atoms with Crippen molar-refractivity contribution in [3.05, 3.63) is 35.4 Å². The zero-order chi connectivity index (χ0) is 26.1. The molecule has 0 bridgehead atoms. The first-order valence-electron chi connectivity index (χ1n) is 12.3. The van der Waals surface area contributed by atoms with Gasteiger partial charge in [0, 0.05) is 32.7 Å². The van der Waals surface area contributed by atoms with Crippen molar-refractivity contribution >= 4 is 12.0 Å². The van der Waals surface area contributed by atoms with Gasteiger partial charge >= 0.3 is 12.3 Å². The van der Waals surface area contributed by atoms with Gasteiger partial charge in [-0.2, -0.15) is 13.2 Å². The van der Waals surface area contributed by atoms with E-state index in [1.807, 2.05) is 13.8 Å². The number of nitrogens with zero attached hydrogens (tertiary/aromatic N) is 2. The first-order chi connectivity index (χ1) is 16.2. The van der Waals surface area contributed by atoms with Crippen molar-refractivity contribution in [3.63, 3.8) is 0 Å². The van der Waals surface area contributed by atoms with Crippen LogP contribution in [0, 0.1) is 17.8 Å². The van der Waals surface area contributed by atoms with Gasteiger partial charge in [-0.1, -0.05) is 26.0 Å². The average Bonchev–Trinajstić information content (AvgIpc) is 3.27. The second-order valence-corrected chi connectivity index (χ2v) is 11.3. The Bertz CT molecular complexity index is 896. The maximum atomic E-state index is 13.3. The van der Waals surface area contributed by atoms with E-state index >= 15 is 0 Å². The Balaban J connectivity index is 1.59. The number of ether oxygens (including phenoxy) is 1. The van der Waals surface area contributed by atoms with Crippen LogP contribution in [0.4, 0.5) is 18.0 Å². The molecule has 1 saturated carbocycles. The van der Waals surface area contributed by atoms with Crippen LogP contribution in [0.25, 0.3) is 0 Å². The van der Waals surface area contributed by atoms with Crippen LogP contribution in [0.15, 0.2) is 24.3 Å². The molecule has 1 heterocycles. The van der Waals surface area contributed by atoms with Crippen LogP contribution in [0.3, 0.4) is 0 Å². The van der Waals surface area contributed by atoms with Crippen LogP contribution in [0.1, 0.15) is 58.6 Å². The number of alkyl halides is 3. The Kier molecular flexibility index (Phi) is 8.09. The summed E-state index contributed by atoms with van der Waals surface area (Å²) in [6, 6.07) is 4.70. The molecule has 0 radical (unpaired) electrons. The number of hydrogen-bond donors (Lipinski definition) is 1. The molecule has 35 heavy (non-hydrogen) atoms. The van der Waals surface area contributed by atoms with Gasteiger partial charge in [-0.05, 0) is 69.1 Å². The number of fused-ring (bicyclic) bond motifs is 1. The van der Waals surface area contributed by atoms with E-state index in [0.717, 1.165) is 43.6 Å². The average molecular weight is 498 g/mol. The zero-order valence-electron chi connectivity index (χ0n) is 21.5. The molecule has 1 aromatic rings. The van der Waals surface area contributed by atoms with Crippen molar-refractivity contribution < 1.29 is 27.5 Å². The molecule has 6 nitrogen and oxygen atoms in total. The first-order valence-corrected chi connectivity index (χ1v) is 12.3. The summed E-state index contributed by atoms with van der Waals surface area (Å²) in [5.74, 6) is 0.452. The van der Waals surface area contributed by atoms with Gasteiger partial charge in [0.15, 0.2) is 0 Å². The number of carbonyl (C=O) groups excluding carboxylic acids is 2. The van der Waals surface area contributed by atoms with Gasteiger partial charge in [-0.15, -0.1) is 0 Å². The maximum absolute atomic E-state index is 13.3. The highest BCUT2D eigenvalue weighted by Gasteiger charge is 2.44. The number of carbonyl (C=O) groups is 2. The highest BCUT2D eigenvalue weighted by atomic mass is 19.4. The highest BCUT2D eigenvalue weighted by molar-refractivity contribution is 5.86. The van der Waals surface area contributed by atoms with Crippen molar-refractivity contribution in [1.82, 2.24) is 15.1 Å². The molecule has 4 atom stereocenters. The van der Waals surface area contributed by atoms with E-state index in [0.29, 0.717) is 12.5 Å². The lowest BCUT2D eigenvalue weighted by Crippen LogP contribution is -2.54. The summed E-state index contributed by atoms with van der Waals surface area (Å²) in [6.45, 7) is 11.4. The fourth-order valence-corrected chi connectivity index (χ4v) is 5.36. The number of benzene rings is 1. The van der Waals surface area contributed by atoms with Gasteiger partial charge in [0.25, 0.3) is 0 Å². The molecule has 0 unspecified atom stereocenters. The molecule has 196 valence electrons. The van der Waals surface area contributed by atoms with Crippen LogP contribution < -0.4 is 5.32 Å². The first kappa shape index (κ1) is 27.3. The van der Waals surface area contributed by atoms with Gasteiger partial charge in [-0.3, -0.25) is 14.6 Å². The third-order valence-electron chi connectivity index (χ3n) is 6.95. The third kappa shape index (κ3) is 6.90. The van der Waals surface area contributed by atoms with Gasteiger partial charge in [0.1, 0.15) is 11.6 Å². The summed E-state index contributed by atoms with van der Waals surface area (Å²) in [5.41, 5.74) is -0.446. The van der Waals surface area contributed by atoms with E-state index in [9.17, 15) is 22.8 Å². The molecular formula is C26H38F3N3O3. The van der Waals surface area contributed by atoms with Crippen molar-refractivity contribution in [2.45, 2.75) is 77.9 Å². The largest absolute Gasteiger partial charge is 0.444 e. The zero-order valence-corrected chi connectivity index (χ0v) is 21.5. The van der Waals surface area contributed by atoms with Gasteiger partial charge < -0.3 is 10.1 Å². The normalized spacial score (nSPS) is 23.8. The Hall–Kier alpha value is -2.29. The monoisotopic (exact) mass is 497 g/mol. The van der Waals surface area contributed by atoms with Gasteiger partial charge in [-0.25, -0.2) is 4.79 Å². The molecule has 3 rings (SSSR count). The number of halogens is 3. The molecule has 1 N–H and O–H groups in total. The Morgan fingerprint density at radius 3 is 2.29 bits per heavy atom. The van der Waals surface area contributed by atoms with Crippen LogP contribution in [-0.4, -0.2) is 59.6 Å². The maximum Gasteiger partial charge on any atom is 0.416 e. The molecular weight excluding hydrogens is 459 g/mol. The predicted octanol–water partition coefficient (Wildman–Crippen LogP) is 4.92. The van der Waals surface area contributed by atoms with Crippen LogP contribution >= 0.6 is 0 Å². The lowest BCUT2D eigenvalue weighted by Gasteiger charge is -2.33. The van der Waals surface area contributed by atoms with Crippen molar-refractivity contribution in [1.29, 1.82) is 0 Å². The SMILES string of the molecule is CC(C)[C@@H](C(=O)N[C@@H]1CC[C@H]2CN(Cc3ccc(C(F)(F)F)cc3)C[C@H]21)N(C)C(=O)OC(C)(C)C. The molecule has 1 saturated heterocycles. The number of likely N-dealkylation sites (tertiary alicyclic amines) is 1. The third-order valence-corrected chi connectivity index (χ3v) is 6.95. The minimum absolute atomic E-state index is 0.0124. The quantitative estimate of drug-likeness (QED) is 0.606. The van der Waals surface area contributed by atoms with Crippen LogP contribution in [0.5, 0.6) is 0 Å². The molecule has 1 aliphatic carbocycles. The van der Waals surface area contributed by atoms with E-state index in [4.69, 9.17) is 4.74 Å². The molecule has 2 fully saturated rings. The summed E-state index contributed by atoms with van der Waals surface area (Å²) in [5, 5.41) is 3.20. The molecule has 9 heteroatoms. The van der Waals surface area contributed by atoms with E-state index in [2.05, 4.69) is 10.2 Å². The minimum Gasteiger partial charge on any atom is -0.444 e. The van der Waals surface area contributed by atoms with E-state index < -0.39 is 29.5 Å². The number of nitrogens with one attached hydrogen (secondary N) is 1. The Morgan fingerprint density at radius 1 is 1.11 bits per heavy atom. The van der Waals surface area contributed by atoms with Crippen molar-refractivity contribution in [2.75, 3.05) is 20.1 Å². The van der Waals surface area contributed by atoms with Gasteiger partial charge in [0.05, 0.1) is 5.56 Å². The van der Waals surface area contributed by atoms with Crippen molar-refractivity contribution in [3.8, 4) is 0 Å². The number of amides is 2. The smallest absolute Gasteiger partial charge is 0.416 e. The minimum atomic E-state index is -4.33. The number of hydrogen-bond acceptors (Lipinski definition) is 4. The molecule has 0 aromatic heterocycles.